The van der Waals surface area contributed by atoms with Gasteiger partial charge in [0.25, 0.3) is 0 Å². The zero-order valence-electron chi connectivity index (χ0n) is 7.94. The summed E-state index contributed by atoms with van der Waals surface area (Å²) >= 11 is 1.86. The molecule has 0 spiro atoms. The Bertz CT molecular complexity index is 184. The number of nitrogens with two attached hydrogens (primary N) is 1. The number of oxime groups is 1. The van der Waals surface area contributed by atoms with Gasteiger partial charge in [0.15, 0.2) is 0 Å². The summed E-state index contributed by atoms with van der Waals surface area (Å²) in [6, 6.07) is 0. The first kappa shape index (κ1) is 10.5. The van der Waals surface area contributed by atoms with Gasteiger partial charge < -0.3 is 15.8 Å². The zero-order chi connectivity index (χ0) is 9.68. The van der Waals surface area contributed by atoms with E-state index in [2.05, 4.69) is 11.4 Å². The first-order valence-corrected chi connectivity index (χ1v) is 5.88. The highest BCUT2D eigenvalue weighted by atomic mass is 32.2. The van der Waals surface area contributed by atoms with Gasteiger partial charge in [-0.15, -0.1) is 0 Å². The van der Waals surface area contributed by atoms with Crippen molar-refractivity contribution in [2.45, 2.75) is 12.8 Å². The van der Waals surface area contributed by atoms with Gasteiger partial charge in [-0.2, -0.15) is 11.8 Å². The standard InChI is InChI=1S/C8H17N3OS/c1-13-6-7-3-2-4-11(5-7)8(9)10-12/h7,12H,2-6H2,1H3,(H2,9,10). The van der Waals surface area contributed by atoms with E-state index in [0.717, 1.165) is 25.3 Å². The van der Waals surface area contributed by atoms with Crippen LogP contribution in [0.25, 0.3) is 0 Å². The number of piperidine rings is 1. The van der Waals surface area contributed by atoms with Gasteiger partial charge in [0, 0.05) is 13.1 Å². The molecule has 1 rings (SSSR count). The monoisotopic (exact) mass is 203 g/mol. The van der Waals surface area contributed by atoms with Crippen LogP contribution >= 0.6 is 11.8 Å². The van der Waals surface area contributed by atoms with Crippen LogP contribution in [0.15, 0.2) is 5.16 Å². The molecule has 5 heteroatoms. The summed E-state index contributed by atoms with van der Waals surface area (Å²) in [5.41, 5.74) is 5.53. The van der Waals surface area contributed by atoms with Gasteiger partial charge >= 0.3 is 0 Å². The summed E-state index contributed by atoms with van der Waals surface area (Å²) in [5, 5.41) is 11.5. The summed E-state index contributed by atoms with van der Waals surface area (Å²) in [5.74, 6) is 2.10. The number of thioether (sulfide) groups is 1. The second-order valence-corrected chi connectivity index (χ2v) is 4.28. The molecule has 0 amide bonds. The van der Waals surface area contributed by atoms with Crippen LogP contribution < -0.4 is 5.73 Å². The SMILES string of the molecule is CSCC1CCCN(/C(N)=N/O)C1. The molecule has 0 radical (unpaired) electrons. The molecule has 0 aromatic heterocycles. The molecular weight excluding hydrogens is 186 g/mol. The average Bonchev–Trinajstić information content (AvgIpc) is 2.18. The fraction of sp³-hybridized carbons (Fsp3) is 0.875. The lowest BCUT2D eigenvalue weighted by Crippen LogP contribution is -2.44. The van der Waals surface area contributed by atoms with Gasteiger partial charge in [-0.05, 0) is 30.8 Å². The van der Waals surface area contributed by atoms with Crippen LogP contribution in [-0.2, 0) is 0 Å². The first-order valence-electron chi connectivity index (χ1n) is 4.49. The van der Waals surface area contributed by atoms with Crippen molar-refractivity contribution in [1.82, 2.24) is 4.90 Å². The second-order valence-electron chi connectivity index (χ2n) is 3.37. The highest BCUT2D eigenvalue weighted by Gasteiger charge is 2.20. The Kier molecular flexibility index (Phi) is 4.21. The van der Waals surface area contributed by atoms with Crippen molar-refractivity contribution >= 4 is 17.7 Å². The number of hydrogen-bond acceptors (Lipinski definition) is 3. The quantitative estimate of drug-likeness (QED) is 0.301. The molecule has 1 aliphatic heterocycles. The molecule has 0 bridgehead atoms. The van der Waals surface area contributed by atoms with E-state index in [1.54, 1.807) is 0 Å². The predicted octanol–water partition coefficient (Wildman–Crippen LogP) is 0.765. The van der Waals surface area contributed by atoms with Crippen LogP contribution in [-0.4, -0.2) is 41.2 Å². The molecule has 1 unspecified atom stereocenters. The van der Waals surface area contributed by atoms with Gasteiger partial charge in [-0.3, -0.25) is 0 Å². The maximum absolute atomic E-state index is 8.52. The molecule has 0 aliphatic carbocycles. The third kappa shape index (κ3) is 2.99. The third-order valence-corrected chi connectivity index (χ3v) is 3.15. The predicted molar refractivity (Wildman–Crippen MR) is 56.1 cm³/mol. The van der Waals surface area contributed by atoms with Gasteiger partial charge in [-0.1, -0.05) is 5.16 Å². The Morgan fingerprint density at radius 3 is 3.15 bits per heavy atom. The lowest BCUT2D eigenvalue weighted by molar-refractivity contribution is 0.251. The number of likely N-dealkylation sites (tertiary alicyclic amines) is 1. The molecule has 4 nitrogen and oxygen atoms in total. The molecule has 0 aromatic carbocycles. The van der Waals surface area contributed by atoms with Crippen LogP contribution in [0.4, 0.5) is 0 Å². The van der Waals surface area contributed by atoms with Crippen LogP contribution in [0, 0.1) is 5.92 Å². The largest absolute Gasteiger partial charge is 0.408 e. The summed E-state index contributed by atoms with van der Waals surface area (Å²) in [4.78, 5) is 1.95. The van der Waals surface area contributed by atoms with Crippen LogP contribution in [0.5, 0.6) is 0 Å². The van der Waals surface area contributed by atoms with E-state index in [4.69, 9.17) is 10.9 Å². The molecule has 76 valence electrons. The fourth-order valence-electron chi connectivity index (χ4n) is 1.71. The molecule has 1 atom stereocenters. The van der Waals surface area contributed by atoms with Crippen molar-refractivity contribution in [2.75, 3.05) is 25.1 Å². The Hall–Kier alpha value is -0.580. The highest BCUT2D eigenvalue weighted by molar-refractivity contribution is 7.98. The minimum atomic E-state index is 0.255. The van der Waals surface area contributed by atoms with E-state index in [0.29, 0.717) is 5.92 Å². The minimum absolute atomic E-state index is 0.255. The topological polar surface area (TPSA) is 61.8 Å². The fourth-order valence-corrected chi connectivity index (χ4v) is 2.45. The van der Waals surface area contributed by atoms with Crippen molar-refractivity contribution in [3.63, 3.8) is 0 Å². The van der Waals surface area contributed by atoms with Gasteiger partial charge in [0.2, 0.25) is 5.96 Å². The van der Waals surface area contributed by atoms with Crippen molar-refractivity contribution in [3.05, 3.63) is 0 Å². The maximum atomic E-state index is 8.52. The summed E-state index contributed by atoms with van der Waals surface area (Å²) in [6.45, 7) is 1.84. The highest BCUT2D eigenvalue weighted by Crippen LogP contribution is 2.19. The van der Waals surface area contributed by atoms with E-state index in [1.807, 2.05) is 16.7 Å². The van der Waals surface area contributed by atoms with E-state index in [1.165, 1.54) is 6.42 Å². The van der Waals surface area contributed by atoms with E-state index in [-0.39, 0.29) is 5.96 Å². The van der Waals surface area contributed by atoms with Crippen LogP contribution in [0.3, 0.4) is 0 Å². The molecule has 1 aliphatic rings. The van der Waals surface area contributed by atoms with Crippen molar-refractivity contribution in [1.29, 1.82) is 0 Å². The number of nitrogens with zero attached hydrogens (tertiary/aromatic N) is 2. The first-order chi connectivity index (χ1) is 6.27. The van der Waals surface area contributed by atoms with Gasteiger partial charge in [-0.25, -0.2) is 0 Å². The zero-order valence-corrected chi connectivity index (χ0v) is 8.76. The lowest BCUT2D eigenvalue weighted by Gasteiger charge is -2.32. The number of rotatable bonds is 2. The molecule has 1 saturated heterocycles. The number of hydrogen-bond donors (Lipinski definition) is 2. The van der Waals surface area contributed by atoms with E-state index >= 15 is 0 Å². The Labute approximate surface area is 83.2 Å². The smallest absolute Gasteiger partial charge is 0.233 e. The average molecular weight is 203 g/mol. The number of guanidine groups is 1. The van der Waals surface area contributed by atoms with Gasteiger partial charge in [0.05, 0.1) is 0 Å². The summed E-state index contributed by atoms with van der Waals surface area (Å²) in [6.07, 6.45) is 4.51. The third-order valence-electron chi connectivity index (χ3n) is 2.35. The second kappa shape index (κ2) is 5.21. The maximum Gasteiger partial charge on any atom is 0.233 e. The van der Waals surface area contributed by atoms with Gasteiger partial charge in [0.1, 0.15) is 0 Å². The normalized spacial score (nSPS) is 24.8. The molecular formula is C8H17N3OS. The van der Waals surface area contributed by atoms with Crippen molar-refractivity contribution in [3.8, 4) is 0 Å². The van der Waals surface area contributed by atoms with E-state index in [9.17, 15) is 0 Å². The molecule has 0 aromatic rings. The Morgan fingerprint density at radius 2 is 2.54 bits per heavy atom. The van der Waals surface area contributed by atoms with Crippen molar-refractivity contribution < 1.29 is 5.21 Å². The summed E-state index contributed by atoms with van der Waals surface area (Å²) in [7, 11) is 0. The lowest BCUT2D eigenvalue weighted by atomic mass is 10.0. The molecule has 1 heterocycles. The van der Waals surface area contributed by atoms with E-state index < -0.39 is 0 Å². The van der Waals surface area contributed by atoms with Crippen LogP contribution in [0.2, 0.25) is 0 Å². The Balaban J connectivity index is 2.41. The Morgan fingerprint density at radius 1 is 1.77 bits per heavy atom. The molecule has 0 saturated carbocycles. The summed E-state index contributed by atoms with van der Waals surface area (Å²) < 4.78 is 0. The molecule has 3 N–H and O–H groups in total. The molecule has 1 fully saturated rings. The molecule has 13 heavy (non-hydrogen) atoms. The van der Waals surface area contributed by atoms with Crippen LogP contribution in [0.1, 0.15) is 12.8 Å². The minimum Gasteiger partial charge on any atom is -0.408 e. The van der Waals surface area contributed by atoms with Crippen molar-refractivity contribution in [2.24, 2.45) is 16.8 Å².